The van der Waals surface area contributed by atoms with E-state index >= 15 is 0 Å². The molecule has 0 N–H and O–H groups in total. The lowest BCUT2D eigenvalue weighted by atomic mass is 9.63. The van der Waals surface area contributed by atoms with Crippen molar-refractivity contribution in [1.82, 2.24) is 0 Å². The quantitative estimate of drug-likeness (QED) is 0.817. The van der Waals surface area contributed by atoms with Gasteiger partial charge in [-0.2, -0.15) is 0 Å². The maximum atomic E-state index is 12.0. The molecular weight excluding hydrogens is 248 g/mol. The van der Waals surface area contributed by atoms with Crippen LogP contribution in [0.3, 0.4) is 0 Å². The highest BCUT2D eigenvalue weighted by Crippen LogP contribution is 2.52. The van der Waals surface area contributed by atoms with Gasteiger partial charge in [0, 0.05) is 6.42 Å². The van der Waals surface area contributed by atoms with Crippen LogP contribution in [0.2, 0.25) is 0 Å². The molecule has 2 saturated carbocycles. The highest BCUT2D eigenvalue weighted by Gasteiger charge is 2.57. The summed E-state index contributed by atoms with van der Waals surface area (Å²) in [5, 5.41) is 2.41. The third kappa shape index (κ3) is 1.67. The number of ketones is 1. The van der Waals surface area contributed by atoms with Crippen molar-refractivity contribution in [3.05, 3.63) is 42.5 Å². The summed E-state index contributed by atoms with van der Waals surface area (Å²) < 4.78 is 6.15. The fourth-order valence-corrected chi connectivity index (χ4v) is 3.78. The van der Waals surface area contributed by atoms with Gasteiger partial charge in [-0.1, -0.05) is 43.2 Å². The molecule has 4 rings (SSSR count). The van der Waals surface area contributed by atoms with E-state index in [9.17, 15) is 4.79 Å². The molecule has 2 heteroatoms. The molecule has 20 heavy (non-hydrogen) atoms. The molecule has 2 aromatic rings. The summed E-state index contributed by atoms with van der Waals surface area (Å²) in [5.74, 6) is 1.31. The average Bonchev–Trinajstić information content (AvgIpc) is 2.99. The minimum atomic E-state index is -0.147. The summed E-state index contributed by atoms with van der Waals surface area (Å²) in [6.07, 6.45) is 5.06. The van der Waals surface area contributed by atoms with Gasteiger partial charge in [-0.25, -0.2) is 0 Å². The molecule has 2 fully saturated rings. The number of rotatable bonds is 2. The van der Waals surface area contributed by atoms with Crippen molar-refractivity contribution in [3.63, 3.8) is 0 Å². The van der Waals surface area contributed by atoms with E-state index in [1.54, 1.807) is 0 Å². The SMILES string of the molecule is O=C1CC(Oc2ccc3ccccc3c2)C12CCCC2. The second-order valence-electron chi connectivity index (χ2n) is 6.11. The third-order valence-corrected chi connectivity index (χ3v) is 5.04. The van der Waals surface area contributed by atoms with Crippen molar-refractivity contribution in [2.45, 2.75) is 38.2 Å². The molecule has 2 nitrogen and oxygen atoms in total. The molecule has 0 aliphatic heterocycles. The molecule has 1 spiro atoms. The zero-order valence-corrected chi connectivity index (χ0v) is 11.5. The summed E-state index contributed by atoms with van der Waals surface area (Å²) in [5.41, 5.74) is -0.147. The molecule has 102 valence electrons. The van der Waals surface area contributed by atoms with Crippen molar-refractivity contribution in [2.75, 3.05) is 0 Å². The van der Waals surface area contributed by atoms with Crippen molar-refractivity contribution in [2.24, 2.45) is 5.41 Å². The predicted octanol–water partition coefficient (Wildman–Crippen LogP) is 4.12. The van der Waals surface area contributed by atoms with Crippen LogP contribution in [0.1, 0.15) is 32.1 Å². The van der Waals surface area contributed by atoms with Crippen LogP contribution < -0.4 is 4.74 Å². The van der Waals surface area contributed by atoms with E-state index in [0.717, 1.165) is 18.6 Å². The molecule has 0 aromatic heterocycles. The van der Waals surface area contributed by atoms with Crippen molar-refractivity contribution < 1.29 is 9.53 Å². The molecule has 2 aliphatic carbocycles. The Bertz CT molecular complexity index is 668. The monoisotopic (exact) mass is 266 g/mol. The molecule has 0 bridgehead atoms. The van der Waals surface area contributed by atoms with E-state index in [-0.39, 0.29) is 11.5 Å². The van der Waals surface area contributed by atoms with Gasteiger partial charge in [-0.05, 0) is 35.7 Å². The van der Waals surface area contributed by atoms with Crippen molar-refractivity contribution >= 4 is 16.6 Å². The Hall–Kier alpha value is -1.83. The Morgan fingerprint density at radius 3 is 2.50 bits per heavy atom. The number of carbonyl (C=O) groups excluding carboxylic acids is 1. The lowest BCUT2D eigenvalue weighted by molar-refractivity contribution is -0.151. The first kappa shape index (κ1) is 12.0. The summed E-state index contributed by atoms with van der Waals surface area (Å²) >= 11 is 0. The van der Waals surface area contributed by atoms with Gasteiger partial charge in [0.2, 0.25) is 0 Å². The Morgan fingerprint density at radius 2 is 1.75 bits per heavy atom. The first-order valence-corrected chi connectivity index (χ1v) is 7.47. The minimum absolute atomic E-state index is 0.0960. The Balaban J connectivity index is 1.60. The zero-order valence-electron chi connectivity index (χ0n) is 11.5. The van der Waals surface area contributed by atoms with E-state index < -0.39 is 0 Å². The van der Waals surface area contributed by atoms with Crippen LogP contribution >= 0.6 is 0 Å². The molecular formula is C18H18O2. The summed E-state index contributed by atoms with van der Waals surface area (Å²) in [4.78, 5) is 12.0. The first-order chi connectivity index (χ1) is 9.78. The highest BCUT2D eigenvalue weighted by molar-refractivity contribution is 5.93. The van der Waals surface area contributed by atoms with E-state index in [1.165, 1.54) is 23.6 Å². The fourth-order valence-electron chi connectivity index (χ4n) is 3.78. The van der Waals surface area contributed by atoms with Crippen LogP contribution in [0.15, 0.2) is 42.5 Å². The summed E-state index contributed by atoms with van der Waals surface area (Å²) in [7, 11) is 0. The minimum Gasteiger partial charge on any atom is -0.489 e. The van der Waals surface area contributed by atoms with E-state index in [1.807, 2.05) is 18.2 Å². The van der Waals surface area contributed by atoms with Crippen LogP contribution in [-0.4, -0.2) is 11.9 Å². The lowest BCUT2D eigenvalue weighted by Crippen LogP contribution is -2.55. The number of benzene rings is 2. The molecule has 0 radical (unpaired) electrons. The maximum Gasteiger partial charge on any atom is 0.146 e. The molecule has 2 aliphatic rings. The van der Waals surface area contributed by atoms with Crippen LogP contribution in [0, 0.1) is 5.41 Å². The number of fused-ring (bicyclic) bond motifs is 1. The van der Waals surface area contributed by atoms with Gasteiger partial charge in [-0.15, -0.1) is 0 Å². The van der Waals surface area contributed by atoms with Gasteiger partial charge in [0.25, 0.3) is 0 Å². The lowest BCUT2D eigenvalue weighted by Gasteiger charge is -2.44. The van der Waals surface area contributed by atoms with Crippen LogP contribution in [0.4, 0.5) is 0 Å². The Labute approximate surface area is 118 Å². The van der Waals surface area contributed by atoms with Crippen LogP contribution in [-0.2, 0) is 4.79 Å². The zero-order chi connectivity index (χ0) is 13.6. The molecule has 1 atom stereocenters. The van der Waals surface area contributed by atoms with Gasteiger partial charge in [0.1, 0.15) is 17.6 Å². The highest BCUT2D eigenvalue weighted by atomic mass is 16.5. The predicted molar refractivity (Wildman–Crippen MR) is 78.9 cm³/mol. The van der Waals surface area contributed by atoms with Gasteiger partial charge in [0.15, 0.2) is 0 Å². The first-order valence-electron chi connectivity index (χ1n) is 7.47. The number of carbonyl (C=O) groups is 1. The standard InChI is InChI=1S/C18H18O2/c19-16-12-17(18(16)9-3-4-10-18)20-15-8-7-13-5-1-2-6-14(13)11-15/h1-2,5-8,11,17H,3-4,9-10,12H2. The van der Waals surface area contributed by atoms with Crippen molar-refractivity contribution in [3.8, 4) is 5.75 Å². The van der Waals surface area contributed by atoms with E-state index in [2.05, 4.69) is 24.3 Å². The van der Waals surface area contributed by atoms with Crippen molar-refractivity contribution in [1.29, 1.82) is 0 Å². The topological polar surface area (TPSA) is 26.3 Å². The average molecular weight is 266 g/mol. The number of hydrogen-bond acceptors (Lipinski definition) is 2. The molecule has 1 unspecified atom stereocenters. The van der Waals surface area contributed by atoms with Gasteiger partial charge in [0.05, 0.1) is 5.41 Å². The number of Topliss-reactive ketones (excluding diaryl/α,β-unsaturated/α-hetero) is 1. The Morgan fingerprint density at radius 1 is 1.00 bits per heavy atom. The molecule has 0 amide bonds. The summed E-state index contributed by atoms with van der Waals surface area (Å²) in [6.45, 7) is 0. The summed E-state index contributed by atoms with van der Waals surface area (Å²) in [6, 6.07) is 14.5. The number of ether oxygens (including phenoxy) is 1. The van der Waals surface area contributed by atoms with Gasteiger partial charge >= 0.3 is 0 Å². The molecule has 0 heterocycles. The largest absolute Gasteiger partial charge is 0.489 e. The fraction of sp³-hybridized carbons (Fsp3) is 0.389. The normalized spacial score (nSPS) is 24.0. The van der Waals surface area contributed by atoms with E-state index in [4.69, 9.17) is 4.74 Å². The van der Waals surface area contributed by atoms with E-state index in [0.29, 0.717) is 12.2 Å². The second-order valence-corrected chi connectivity index (χ2v) is 6.11. The number of hydrogen-bond donors (Lipinski definition) is 0. The smallest absolute Gasteiger partial charge is 0.146 e. The van der Waals surface area contributed by atoms with Gasteiger partial charge in [-0.3, -0.25) is 4.79 Å². The third-order valence-electron chi connectivity index (χ3n) is 5.04. The van der Waals surface area contributed by atoms with Crippen LogP contribution in [0.5, 0.6) is 5.75 Å². The maximum absolute atomic E-state index is 12.0. The Kier molecular flexibility index (Phi) is 2.59. The molecule has 2 aromatic carbocycles. The molecule has 0 saturated heterocycles. The van der Waals surface area contributed by atoms with Crippen LogP contribution in [0.25, 0.3) is 10.8 Å². The second kappa shape index (κ2) is 4.34. The van der Waals surface area contributed by atoms with Gasteiger partial charge < -0.3 is 4.74 Å².